The van der Waals surface area contributed by atoms with Crippen molar-refractivity contribution < 1.29 is 5.11 Å². The smallest absolute Gasteiger partial charge is 0.0718 e. The highest BCUT2D eigenvalue weighted by Gasteiger charge is 2.34. The first-order valence-corrected chi connectivity index (χ1v) is 6.53. The van der Waals surface area contributed by atoms with E-state index in [1.807, 2.05) is 13.8 Å². The van der Waals surface area contributed by atoms with E-state index in [9.17, 15) is 5.11 Å². The van der Waals surface area contributed by atoms with Crippen molar-refractivity contribution in [1.29, 1.82) is 0 Å². The summed E-state index contributed by atoms with van der Waals surface area (Å²) in [6.07, 6.45) is 8.36. The van der Waals surface area contributed by atoms with Crippen LogP contribution in [0, 0.1) is 5.92 Å². The number of rotatable bonds is 2. The van der Waals surface area contributed by atoms with E-state index < -0.39 is 5.60 Å². The number of nitrogens with zero attached hydrogens (tertiary/aromatic N) is 1. The zero-order chi connectivity index (χ0) is 10.9. The Bertz CT molecular complexity index is 207. The van der Waals surface area contributed by atoms with Crippen LogP contribution in [-0.2, 0) is 0 Å². The molecule has 1 heterocycles. The normalized spacial score (nSPS) is 33.8. The highest BCUT2D eigenvalue weighted by molar-refractivity contribution is 4.89. The Labute approximate surface area is 93.7 Å². The van der Waals surface area contributed by atoms with Gasteiger partial charge in [-0.1, -0.05) is 12.8 Å². The zero-order valence-electron chi connectivity index (χ0n) is 10.2. The van der Waals surface area contributed by atoms with Crippen molar-refractivity contribution in [2.24, 2.45) is 5.92 Å². The lowest BCUT2D eigenvalue weighted by atomic mass is 9.78. The van der Waals surface area contributed by atoms with Gasteiger partial charge in [-0.25, -0.2) is 0 Å². The van der Waals surface area contributed by atoms with Gasteiger partial charge in [0.15, 0.2) is 0 Å². The van der Waals surface area contributed by atoms with Gasteiger partial charge in [-0.05, 0) is 52.0 Å². The van der Waals surface area contributed by atoms with Gasteiger partial charge < -0.3 is 5.11 Å². The molecule has 1 saturated carbocycles. The van der Waals surface area contributed by atoms with Gasteiger partial charge in [0, 0.05) is 12.6 Å². The Kier molecular flexibility index (Phi) is 3.36. The minimum atomic E-state index is -0.528. The van der Waals surface area contributed by atoms with Gasteiger partial charge in [0.1, 0.15) is 0 Å². The van der Waals surface area contributed by atoms with E-state index in [0.29, 0.717) is 0 Å². The van der Waals surface area contributed by atoms with E-state index in [4.69, 9.17) is 0 Å². The summed E-state index contributed by atoms with van der Waals surface area (Å²) in [5, 5.41) is 9.92. The van der Waals surface area contributed by atoms with Gasteiger partial charge in [0.2, 0.25) is 0 Å². The first kappa shape index (κ1) is 11.4. The Hall–Kier alpha value is -0.0800. The molecule has 2 atom stereocenters. The molecule has 0 aromatic heterocycles. The molecule has 1 saturated heterocycles. The lowest BCUT2D eigenvalue weighted by molar-refractivity contribution is -0.0168. The second-order valence-corrected chi connectivity index (χ2v) is 6.04. The second-order valence-electron chi connectivity index (χ2n) is 6.04. The van der Waals surface area contributed by atoms with Gasteiger partial charge >= 0.3 is 0 Å². The predicted molar refractivity (Wildman–Crippen MR) is 62.9 cm³/mol. The summed E-state index contributed by atoms with van der Waals surface area (Å²) in [6.45, 7) is 5.91. The van der Waals surface area contributed by atoms with Crippen molar-refractivity contribution in [3.8, 4) is 0 Å². The van der Waals surface area contributed by atoms with E-state index >= 15 is 0 Å². The number of hydrogen-bond acceptors (Lipinski definition) is 2. The number of likely N-dealkylation sites (tertiary alicyclic amines) is 1. The largest absolute Gasteiger partial charge is 0.389 e. The fourth-order valence-electron chi connectivity index (χ4n) is 3.42. The summed E-state index contributed by atoms with van der Waals surface area (Å²) in [6, 6.07) is 0.777. The molecule has 2 nitrogen and oxygen atoms in total. The van der Waals surface area contributed by atoms with Crippen LogP contribution in [0.4, 0.5) is 0 Å². The van der Waals surface area contributed by atoms with Crippen LogP contribution in [0.3, 0.4) is 0 Å². The summed E-state index contributed by atoms with van der Waals surface area (Å²) in [5.74, 6) is 0.926. The lowest BCUT2D eigenvalue weighted by Crippen LogP contribution is -2.51. The molecule has 2 heteroatoms. The predicted octanol–water partition coefficient (Wildman–Crippen LogP) is 2.41. The van der Waals surface area contributed by atoms with E-state index in [-0.39, 0.29) is 0 Å². The van der Waals surface area contributed by atoms with E-state index in [1.165, 1.54) is 45.1 Å². The molecule has 2 aliphatic rings. The van der Waals surface area contributed by atoms with Crippen molar-refractivity contribution in [3.63, 3.8) is 0 Å². The summed E-state index contributed by atoms with van der Waals surface area (Å²) in [4.78, 5) is 2.55. The third-order valence-electron chi connectivity index (χ3n) is 3.95. The number of aliphatic hydroxyl groups is 1. The first-order chi connectivity index (χ1) is 7.06. The van der Waals surface area contributed by atoms with Gasteiger partial charge in [0.25, 0.3) is 0 Å². The number of β-amino-alcohol motifs (C(OH)–C–C–N with tert-alkyl or cyclic N) is 1. The van der Waals surface area contributed by atoms with Crippen molar-refractivity contribution in [1.82, 2.24) is 4.90 Å². The summed E-state index contributed by atoms with van der Waals surface area (Å²) in [7, 11) is 0. The van der Waals surface area contributed by atoms with Crippen LogP contribution >= 0.6 is 0 Å². The monoisotopic (exact) mass is 211 g/mol. The van der Waals surface area contributed by atoms with Crippen LogP contribution in [0.25, 0.3) is 0 Å². The van der Waals surface area contributed by atoms with Crippen molar-refractivity contribution in [3.05, 3.63) is 0 Å². The van der Waals surface area contributed by atoms with Crippen LogP contribution in [0.15, 0.2) is 0 Å². The SMILES string of the molecule is CC(C)(O)CN1CCC[C@H]2CCCC[C@H]21. The van der Waals surface area contributed by atoms with Crippen LogP contribution in [0.1, 0.15) is 52.4 Å². The Morgan fingerprint density at radius 3 is 2.53 bits per heavy atom. The van der Waals surface area contributed by atoms with E-state index in [2.05, 4.69) is 4.90 Å². The molecule has 2 fully saturated rings. The van der Waals surface area contributed by atoms with Gasteiger partial charge in [-0.3, -0.25) is 4.90 Å². The maximum atomic E-state index is 9.92. The van der Waals surface area contributed by atoms with Crippen molar-refractivity contribution in [2.75, 3.05) is 13.1 Å². The Morgan fingerprint density at radius 1 is 1.13 bits per heavy atom. The molecule has 2 rings (SSSR count). The van der Waals surface area contributed by atoms with Crippen LogP contribution in [-0.4, -0.2) is 34.7 Å². The molecule has 88 valence electrons. The molecule has 0 aromatic rings. The van der Waals surface area contributed by atoms with Crippen LogP contribution in [0.5, 0.6) is 0 Å². The maximum Gasteiger partial charge on any atom is 0.0718 e. The minimum absolute atomic E-state index is 0.528. The Balaban J connectivity index is 1.97. The highest BCUT2D eigenvalue weighted by atomic mass is 16.3. The van der Waals surface area contributed by atoms with E-state index in [0.717, 1.165) is 18.5 Å². The summed E-state index contributed by atoms with van der Waals surface area (Å²) < 4.78 is 0. The molecule has 1 aliphatic heterocycles. The third-order valence-corrected chi connectivity index (χ3v) is 3.95. The second kappa shape index (κ2) is 4.42. The first-order valence-electron chi connectivity index (χ1n) is 6.53. The quantitative estimate of drug-likeness (QED) is 0.758. The number of piperidine rings is 1. The van der Waals surface area contributed by atoms with Crippen molar-refractivity contribution >= 4 is 0 Å². The van der Waals surface area contributed by atoms with E-state index in [1.54, 1.807) is 0 Å². The van der Waals surface area contributed by atoms with Crippen molar-refractivity contribution in [2.45, 2.75) is 64.0 Å². The molecule has 0 unspecified atom stereocenters. The number of fused-ring (bicyclic) bond motifs is 1. The number of hydrogen-bond donors (Lipinski definition) is 1. The molecule has 0 aromatic carbocycles. The Morgan fingerprint density at radius 2 is 1.80 bits per heavy atom. The fraction of sp³-hybridized carbons (Fsp3) is 1.00. The summed E-state index contributed by atoms with van der Waals surface area (Å²) in [5.41, 5.74) is -0.528. The van der Waals surface area contributed by atoms with Gasteiger partial charge in [-0.15, -0.1) is 0 Å². The average molecular weight is 211 g/mol. The van der Waals surface area contributed by atoms with Crippen LogP contribution in [0.2, 0.25) is 0 Å². The summed E-state index contributed by atoms with van der Waals surface area (Å²) >= 11 is 0. The molecule has 15 heavy (non-hydrogen) atoms. The average Bonchev–Trinajstić information content (AvgIpc) is 2.16. The molecule has 0 radical (unpaired) electrons. The van der Waals surface area contributed by atoms with Crippen LogP contribution < -0.4 is 0 Å². The minimum Gasteiger partial charge on any atom is -0.389 e. The van der Waals surface area contributed by atoms with Gasteiger partial charge in [0.05, 0.1) is 5.60 Å². The molecule has 0 spiro atoms. The standard InChI is InChI=1S/C13H25NO/c1-13(2,15)10-14-9-5-7-11-6-3-4-8-12(11)14/h11-12,15H,3-10H2,1-2H3/t11-,12-/m1/s1. The maximum absolute atomic E-state index is 9.92. The highest BCUT2D eigenvalue weighted by Crippen LogP contribution is 2.35. The molecular weight excluding hydrogens is 186 g/mol. The molecule has 0 amide bonds. The van der Waals surface area contributed by atoms with Gasteiger partial charge in [-0.2, -0.15) is 0 Å². The molecule has 1 aliphatic carbocycles. The molecule has 0 bridgehead atoms. The molecular formula is C13H25NO. The zero-order valence-corrected chi connectivity index (χ0v) is 10.2. The molecule has 1 N–H and O–H groups in total. The third kappa shape index (κ3) is 2.94. The lowest BCUT2D eigenvalue weighted by Gasteiger charge is -2.45. The fourth-order valence-corrected chi connectivity index (χ4v) is 3.42. The topological polar surface area (TPSA) is 23.5 Å².